The first kappa shape index (κ1) is 15.3. The number of aliphatic hydroxyl groups excluding tert-OH is 1. The molecule has 1 nitrogen and oxygen atoms in total. The van der Waals surface area contributed by atoms with Crippen molar-refractivity contribution in [1.29, 1.82) is 0 Å². The Morgan fingerprint density at radius 1 is 1.21 bits per heavy atom. The van der Waals surface area contributed by atoms with Crippen LogP contribution in [0.2, 0.25) is 5.02 Å². The predicted molar refractivity (Wildman–Crippen MR) is 84.7 cm³/mol. The number of hydrogen-bond donors (Lipinski definition) is 1. The van der Waals surface area contributed by atoms with Crippen LogP contribution in [0.15, 0.2) is 22.7 Å². The Balaban J connectivity index is 1.87. The van der Waals surface area contributed by atoms with Gasteiger partial charge >= 0.3 is 0 Å². The Morgan fingerprint density at radius 2 is 1.89 bits per heavy atom. The lowest BCUT2D eigenvalue weighted by molar-refractivity contribution is 0.137. The molecule has 0 heterocycles. The van der Waals surface area contributed by atoms with Crippen molar-refractivity contribution in [1.82, 2.24) is 0 Å². The van der Waals surface area contributed by atoms with Gasteiger partial charge in [0.2, 0.25) is 0 Å². The molecule has 0 aliphatic heterocycles. The summed E-state index contributed by atoms with van der Waals surface area (Å²) >= 11 is 9.61. The van der Waals surface area contributed by atoms with E-state index in [0.29, 0.717) is 12.3 Å². The third kappa shape index (κ3) is 5.09. The molecule has 0 saturated heterocycles. The van der Waals surface area contributed by atoms with Crippen LogP contribution in [0.3, 0.4) is 0 Å². The Bertz CT molecular complexity index is 400. The van der Waals surface area contributed by atoms with Crippen LogP contribution in [0.1, 0.15) is 50.5 Å². The van der Waals surface area contributed by atoms with Crippen LogP contribution in [0.4, 0.5) is 0 Å². The molecular weight excluding hydrogens is 324 g/mol. The van der Waals surface area contributed by atoms with Gasteiger partial charge in [-0.3, -0.25) is 0 Å². The van der Waals surface area contributed by atoms with E-state index in [0.717, 1.165) is 21.5 Å². The molecule has 1 N–H and O–H groups in total. The number of rotatable bonds is 4. The highest BCUT2D eigenvalue weighted by Crippen LogP contribution is 2.28. The maximum Gasteiger partial charge on any atom is 0.0583 e. The van der Waals surface area contributed by atoms with Crippen LogP contribution in [-0.2, 0) is 6.42 Å². The lowest BCUT2D eigenvalue weighted by Crippen LogP contribution is -2.16. The monoisotopic (exact) mass is 344 g/mol. The number of aliphatic hydroxyl groups is 1. The summed E-state index contributed by atoms with van der Waals surface area (Å²) in [6.07, 6.45) is 9.29. The van der Waals surface area contributed by atoms with Gasteiger partial charge in [-0.15, -0.1) is 0 Å². The Labute approximate surface area is 129 Å². The van der Waals surface area contributed by atoms with Gasteiger partial charge in [-0.2, -0.15) is 0 Å². The van der Waals surface area contributed by atoms with E-state index in [2.05, 4.69) is 15.9 Å². The van der Waals surface area contributed by atoms with Crippen molar-refractivity contribution in [2.75, 3.05) is 0 Å². The summed E-state index contributed by atoms with van der Waals surface area (Å²) in [6, 6.07) is 5.89. The molecule has 1 aliphatic rings. The number of hydrogen-bond acceptors (Lipinski definition) is 1. The zero-order chi connectivity index (χ0) is 13.7. The summed E-state index contributed by atoms with van der Waals surface area (Å²) in [4.78, 5) is 0. The molecule has 1 aromatic rings. The van der Waals surface area contributed by atoms with E-state index in [1.54, 1.807) is 0 Å². The van der Waals surface area contributed by atoms with E-state index in [1.807, 2.05) is 18.2 Å². The molecule has 1 atom stereocenters. The van der Waals surface area contributed by atoms with E-state index >= 15 is 0 Å². The van der Waals surface area contributed by atoms with Crippen molar-refractivity contribution in [3.05, 3.63) is 33.3 Å². The Morgan fingerprint density at radius 3 is 2.53 bits per heavy atom. The smallest absolute Gasteiger partial charge is 0.0583 e. The average Bonchev–Trinajstić information content (AvgIpc) is 2.61. The van der Waals surface area contributed by atoms with Gasteiger partial charge in [-0.25, -0.2) is 0 Å². The molecule has 0 spiro atoms. The maximum atomic E-state index is 10.3. The first-order chi connectivity index (χ1) is 9.15. The lowest BCUT2D eigenvalue weighted by Gasteiger charge is -2.19. The molecule has 1 aliphatic carbocycles. The maximum absolute atomic E-state index is 10.3. The van der Waals surface area contributed by atoms with E-state index in [1.165, 1.54) is 38.5 Å². The van der Waals surface area contributed by atoms with Crippen molar-refractivity contribution < 1.29 is 5.11 Å². The number of benzene rings is 1. The van der Waals surface area contributed by atoms with Crippen molar-refractivity contribution in [2.45, 2.75) is 57.5 Å². The molecule has 1 fully saturated rings. The predicted octanol–water partition coefficient (Wildman–Crippen LogP) is 5.37. The summed E-state index contributed by atoms with van der Waals surface area (Å²) in [5.41, 5.74) is 1.05. The van der Waals surface area contributed by atoms with Crippen molar-refractivity contribution >= 4 is 27.5 Å². The SMILES string of the molecule is OC(Cc1ccc(Br)cc1Cl)CC1CCCCCC1. The first-order valence-corrected chi connectivity index (χ1v) is 8.44. The van der Waals surface area contributed by atoms with Crippen LogP contribution in [0, 0.1) is 5.92 Å². The number of halogens is 2. The molecule has 19 heavy (non-hydrogen) atoms. The minimum Gasteiger partial charge on any atom is -0.393 e. The zero-order valence-electron chi connectivity index (χ0n) is 11.2. The molecule has 106 valence electrons. The van der Waals surface area contributed by atoms with Crippen LogP contribution in [0.25, 0.3) is 0 Å². The van der Waals surface area contributed by atoms with Gasteiger partial charge in [0.25, 0.3) is 0 Å². The Hall–Kier alpha value is -0.0500. The molecule has 0 aromatic heterocycles. The molecule has 1 saturated carbocycles. The first-order valence-electron chi connectivity index (χ1n) is 7.27. The van der Waals surface area contributed by atoms with Crippen LogP contribution in [0.5, 0.6) is 0 Å². The average molecular weight is 346 g/mol. The molecule has 2 rings (SSSR count). The van der Waals surface area contributed by atoms with Gasteiger partial charge in [0, 0.05) is 9.50 Å². The molecular formula is C16H22BrClO. The molecule has 0 amide bonds. The van der Waals surface area contributed by atoms with Crippen molar-refractivity contribution in [3.63, 3.8) is 0 Å². The zero-order valence-corrected chi connectivity index (χ0v) is 13.6. The quantitative estimate of drug-likeness (QED) is 0.728. The fourth-order valence-electron chi connectivity index (χ4n) is 3.01. The van der Waals surface area contributed by atoms with Crippen LogP contribution >= 0.6 is 27.5 Å². The van der Waals surface area contributed by atoms with Crippen LogP contribution in [-0.4, -0.2) is 11.2 Å². The van der Waals surface area contributed by atoms with Gasteiger partial charge in [0.15, 0.2) is 0 Å². The third-order valence-electron chi connectivity index (χ3n) is 4.05. The van der Waals surface area contributed by atoms with Crippen molar-refractivity contribution in [2.24, 2.45) is 5.92 Å². The van der Waals surface area contributed by atoms with Gasteiger partial charge in [-0.1, -0.05) is 72.1 Å². The summed E-state index contributed by atoms with van der Waals surface area (Å²) in [6.45, 7) is 0. The van der Waals surface area contributed by atoms with Gasteiger partial charge in [-0.05, 0) is 36.5 Å². The summed E-state index contributed by atoms with van der Waals surface area (Å²) < 4.78 is 0.986. The van der Waals surface area contributed by atoms with Gasteiger partial charge < -0.3 is 5.11 Å². The fraction of sp³-hybridized carbons (Fsp3) is 0.625. The topological polar surface area (TPSA) is 20.2 Å². The molecule has 1 aromatic carbocycles. The molecule has 0 radical (unpaired) electrons. The molecule has 1 unspecified atom stereocenters. The third-order valence-corrected chi connectivity index (χ3v) is 4.90. The van der Waals surface area contributed by atoms with E-state index in [4.69, 9.17) is 11.6 Å². The second-order valence-corrected chi connectivity index (χ2v) is 7.01. The molecule has 0 bridgehead atoms. The van der Waals surface area contributed by atoms with Gasteiger partial charge in [0.05, 0.1) is 6.10 Å². The van der Waals surface area contributed by atoms with E-state index in [9.17, 15) is 5.11 Å². The lowest BCUT2D eigenvalue weighted by atomic mass is 9.91. The highest BCUT2D eigenvalue weighted by Gasteiger charge is 2.17. The van der Waals surface area contributed by atoms with Gasteiger partial charge in [0.1, 0.15) is 0 Å². The summed E-state index contributed by atoms with van der Waals surface area (Å²) in [7, 11) is 0. The Kier molecular flexibility index (Phi) is 6.18. The summed E-state index contributed by atoms with van der Waals surface area (Å²) in [5, 5.41) is 11.0. The largest absolute Gasteiger partial charge is 0.393 e. The minimum atomic E-state index is -0.262. The summed E-state index contributed by atoms with van der Waals surface area (Å²) in [5.74, 6) is 0.701. The highest BCUT2D eigenvalue weighted by atomic mass is 79.9. The minimum absolute atomic E-state index is 0.262. The standard InChI is InChI=1S/C16H22BrClO/c17-14-8-7-13(16(18)11-14)10-15(19)9-12-5-3-1-2-4-6-12/h7-8,11-12,15,19H,1-6,9-10H2. The van der Waals surface area contributed by atoms with E-state index < -0.39 is 0 Å². The second kappa shape index (κ2) is 7.66. The van der Waals surface area contributed by atoms with E-state index in [-0.39, 0.29) is 6.10 Å². The fourth-order valence-corrected chi connectivity index (χ4v) is 3.76. The molecule has 3 heteroatoms. The second-order valence-electron chi connectivity index (χ2n) is 5.69. The normalized spacial score (nSPS) is 19.1. The van der Waals surface area contributed by atoms with Crippen molar-refractivity contribution in [3.8, 4) is 0 Å². The highest BCUT2D eigenvalue weighted by molar-refractivity contribution is 9.10. The van der Waals surface area contributed by atoms with Crippen LogP contribution < -0.4 is 0 Å².